The lowest BCUT2D eigenvalue weighted by atomic mass is 10.1. The molecule has 3 fully saturated rings. The van der Waals surface area contributed by atoms with E-state index in [1.807, 2.05) is 5.32 Å². The van der Waals surface area contributed by atoms with E-state index in [-0.39, 0.29) is 37.6 Å². The molecule has 0 aromatic rings. The van der Waals surface area contributed by atoms with Gasteiger partial charge in [-0.25, -0.2) is 4.79 Å². The first-order valence-electron chi connectivity index (χ1n) is 6.31. The summed E-state index contributed by atoms with van der Waals surface area (Å²) in [6.07, 6.45) is -2.32. The highest BCUT2D eigenvalue weighted by molar-refractivity contribution is 7.99. The molecule has 0 amide bonds. The van der Waals surface area contributed by atoms with E-state index in [2.05, 4.69) is 4.84 Å². The third-order valence-electron chi connectivity index (χ3n) is 3.55. The van der Waals surface area contributed by atoms with Crippen LogP contribution in [-0.4, -0.2) is 66.4 Å². The van der Waals surface area contributed by atoms with Gasteiger partial charge in [0.25, 0.3) is 5.09 Å². The van der Waals surface area contributed by atoms with Gasteiger partial charge in [0.1, 0.15) is 18.1 Å². The zero-order valence-corrected chi connectivity index (χ0v) is 12.5. The van der Waals surface area contributed by atoms with Gasteiger partial charge >= 0.3 is 5.97 Å². The van der Waals surface area contributed by atoms with Gasteiger partial charge in [-0.3, -0.25) is 0 Å². The topological polar surface area (TPSA) is 114 Å². The van der Waals surface area contributed by atoms with E-state index >= 15 is 0 Å². The molecule has 120 valence electrons. The van der Waals surface area contributed by atoms with Crippen LogP contribution in [0.3, 0.4) is 0 Å². The highest BCUT2D eigenvalue weighted by Crippen LogP contribution is 2.30. The molecule has 0 saturated carbocycles. The number of carbonyl (C=O) groups is 1. The van der Waals surface area contributed by atoms with Crippen molar-refractivity contribution in [1.82, 2.24) is 0 Å². The maximum atomic E-state index is 11.9. The Morgan fingerprint density at radius 3 is 2.57 bits per heavy atom. The molecular weight excluding hydrogens is 328 g/mol. The molecule has 3 aliphatic heterocycles. The molecule has 3 rings (SSSR count). The molecule has 0 aliphatic carbocycles. The second-order valence-electron chi connectivity index (χ2n) is 4.82. The van der Waals surface area contributed by atoms with E-state index in [0.29, 0.717) is 0 Å². The summed E-state index contributed by atoms with van der Waals surface area (Å²) < 4.78 is 16.2. The summed E-state index contributed by atoms with van der Waals surface area (Å²) in [6.45, 7) is 0.244. The van der Waals surface area contributed by atoms with Crippen LogP contribution < -0.4 is 17.7 Å². The summed E-state index contributed by atoms with van der Waals surface area (Å²) in [5, 5.41) is 11.4. The predicted molar refractivity (Wildman–Crippen MR) is 64.3 cm³/mol. The highest BCUT2D eigenvalue weighted by atomic mass is 35.5. The molecule has 0 bridgehead atoms. The van der Waals surface area contributed by atoms with Crippen molar-refractivity contribution in [3.63, 3.8) is 0 Å². The predicted octanol–water partition coefficient (Wildman–Crippen LogP) is -5.09. The first-order chi connectivity index (χ1) is 9.65. The molecule has 3 saturated heterocycles. The van der Waals surface area contributed by atoms with Crippen molar-refractivity contribution in [2.45, 2.75) is 30.5 Å². The van der Waals surface area contributed by atoms with Crippen LogP contribution in [0.4, 0.5) is 0 Å². The quantitative estimate of drug-likeness (QED) is 0.307. The maximum absolute atomic E-state index is 11.9. The second kappa shape index (κ2) is 6.97. The van der Waals surface area contributed by atoms with Crippen LogP contribution in [0.5, 0.6) is 0 Å². The number of rotatable bonds is 4. The van der Waals surface area contributed by atoms with E-state index in [9.17, 15) is 14.9 Å². The van der Waals surface area contributed by atoms with Crippen molar-refractivity contribution in [2.24, 2.45) is 0 Å². The SMILES string of the molecule is O=C(O[C@H]1CO[C@H]2[C@@H]1OC[C@H]2O[N+](=O)[O-])[C@@H]1CSC[NH2+]1.[Cl-]. The van der Waals surface area contributed by atoms with Crippen molar-refractivity contribution in [1.29, 1.82) is 0 Å². The number of ether oxygens (including phenoxy) is 3. The molecule has 0 aromatic carbocycles. The Morgan fingerprint density at radius 1 is 1.29 bits per heavy atom. The molecule has 3 aliphatic rings. The Balaban J connectivity index is 0.00000161. The summed E-state index contributed by atoms with van der Waals surface area (Å²) in [5.74, 6) is 1.29. The number of nitrogens with zero attached hydrogens (tertiary/aromatic N) is 1. The van der Waals surface area contributed by atoms with Crippen LogP contribution in [-0.2, 0) is 23.8 Å². The van der Waals surface area contributed by atoms with Crippen molar-refractivity contribution < 1.29 is 46.7 Å². The Hall–Kier alpha value is -0.810. The fraction of sp³-hybridized carbons (Fsp3) is 0.900. The Kier molecular flexibility index (Phi) is 5.49. The van der Waals surface area contributed by atoms with Gasteiger partial charge in [0.05, 0.1) is 19.0 Å². The monoisotopic (exact) mass is 342 g/mol. The first kappa shape index (κ1) is 16.6. The second-order valence-corrected chi connectivity index (χ2v) is 5.89. The number of carbonyl (C=O) groups excluding carboxylic acids is 1. The average Bonchev–Trinajstić information content (AvgIpc) is 3.09. The van der Waals surface area contributed by atoms with E-state index in [1.165, 1.54) is 0 Å². The van der Waals surface area contributed by atoms with Crippen LogP contribution in [0.2, 0.25) is 0 Å². The van der Waals surface area contributed by atoms with Gasteiger partial charge in [-0.15, -0.1) is 10.1 Å². The molecule has 0 spiro atoms. The van der Waals surface area contributed by atoms with Crippen LogP contribution in [0.15, 0.2) is 0 Å². The summed E-state index contributed by atoms with van der Waals surface area (Å²) in [6, 6.07) is -0.189. The summed E-state index contributed by atoms with van der Waals surface area (Å²) >= 11 is 1.68. The molecule has 0 aromatic heterocycles. The maximum Gasteiger partial charge on any atom is 0.366 e. The standard InChI is InChI=1S/C10H14N2O7S.ClH/c13-10(5-3-20-4-11-5)18-6-1-16-9-7(19-12(14)15)2-17-8(6)9;/h5-9,11H,1-4H2;1H/t5-,6-,7+,8+,9+;/m0./s1. The zero-order valence-electron chi connectivity index (χ0n) is 10.9. The summed E-state index contributed by atoms with van der Waals surface area (Å²) in [4.78, 5) is 26.8. The van der Waals surface area contributed by atoms with E-state index in [4.69, 9.17) is 14.2 Å². The van der Waals surface area contributed by atoms with Crippen molar-refractivity contribution in [3.8, 4) is 0 Å². The molecule has 0 unspecified atom stereocenters. The summed E-state index contributed by atoms with van der Waals surface area (Å²) in [7, 11) is 0. The molecule has 2 N–H and O–H groups in total. The number of fused-ring (bicyclic) bond motifs is 1. The Labute approximate surface area is 130 Å². The van der Waals surface area contributed by atoms with Crippen LogP contribution in [0, 0.1) is 10.1 Å². The lowest BCUT2D eigenvalue weighted by molar-refractivity contribution is -0.769. The van der Waals surface area contributed by atoms with E-state index < -0.39 is 29.5 Å². The Bertz CT molecular complexity index is 409. The minimum absolute atomic E-state index is 0. The van der Waals surface area contributed by atoms with Crippen molar-refractivity contribution in [2.75, 3.05) is 24.8 Å². The van der Waals surface area contributed by atoms with Crippen LogP contribution in [0.1, 0.15) is 0 Å². The number of thioether (sulfide) groups is 1. The fourth-order valence-corrected chi connectivity index (χ4v) is 3.61. The highest BCUT2D eigenvalue weighted by Gasteiger charge is 2.51. The van der Waals surface area contributed by atoms with Gasteiger partial charge in [-0.1, -0.05) is 11.8 Å². The fourth-order valence-electron chi connectivity index (χ4n) is 2.58. The normalized spacial score (nSPS) is 37.6. The van der Waals surface area contributed by atoms with Crippen molar-refractivity contribution >= 4 is 17.7 Å². The lowest BCUT2D eigenvalue weighted by Gasteiger charge is -2.17. The molecule has 0 radical (unpaired) electrons. The third-order valence-corrected chi connectivity index (χ3v) is 4.57. The number of halogens is 1. The lowest BCUT2D eigenvalue weighted by Crippen LogP contribution is -3.00. The van der Waals surface area contributed by atoms with Gasteiger partial charge in [-0.05, 0) is 0 Å². The van der Waals surface area contributed by atoms with Gasteiger partial charge in [0, 0.05) is 0 Å². The number of esters is 1. The van der Waals surface area contributed by atoms with Crippen molar-refractivity contribution in [3.05, 3.63) is 10.1 Å². The van der Waals surface area contributed by atoms with Gasteiger partial charge in [0.2, 0.25) is 0 Å². The minimum Gasteiger partial charge on any atom is -1.00 e. The number of hydrogen-bond donors (Lipinski definition) is 1. The summed E-state index contributed by atoms with van der Waals surface area (Å²) in [5.41, 5.74) is 0. The van der Waals surface area contributed by atoms with Crippen LogP contribution >= 0.6 is 11.8 Å². The molecule has 5 atom stereocenters. The number of nitrogens with two attached hydrogens (primary N) is 1. The van der Waals surface area contributed by atoms with Gasteiger partial charge < -0.3 is 36.8 Å². The van der Waals surface area contributed by atoms with Gasteiger partial charge in [-0.2, -0.15) is 0 Å². The molecular formula is C10H15ClN2O7S. The zero-order chi connectivity index (χ0) is 14.1. The smallest absolute Gasteiger partial charge is 0.366 e. The molecule has 9 nitrogen and oxygen atoms in total. The number of hydrogen-bond acceptors (Lipinski definition) is 8. The minimum atomic E-state index is -0.857. The Morgan fingerprint density at radius 2 is 1.95 bits per heavy atom. The van der Waals surface area contributed by atoms with E-state index in [0.717, 1.165) is 11.6 Å². The molecule has 11 heteroatoms. The molecule has 3 heterocycles. The largest absolute Gasteiger partial charge is 1.00 e. The first-order valence-corrected chi connectivity index (χ1v) is 7.46. The van der Waals surface area contributed by atoms with E-state index in [1.54, 1.807) is 11.8 Å². The third kappa shape index (κ3) is 3.51. The van der Waals surface area contributed by atoms with Gasteiger partial charge in [0.15, 0.2) is 18.2 Å². The van der Waals surface area contributed by atoms with Crippen LogP contribution in [0.25, 0.3) is 0 Å². The molecule has 21 heavy (non-hydrogen) atoms. The number of quaternary nitrogens is 1. The average molecular weight is 343 g/mol.